The molecule has 0 saturated carbocycles. The van der Waals surface area contributed by atoms with Gasteiger partial charge >= 0.3 is 0 Å². The third kappa shape index (κ3) is 6.44. The Morgan fingerprint density at radius 1 is 0.575 bits per heavy atom. The van der Waals surface area contributed by atoms with E-state index in [0.29, 0.717) is 0 Å². The van der Waals surface area contributed by atoms with Crippen LogP contribution in [0.25, 0.3) is 0 Å². The Balaban J connectivity index is 1.43. The van der Waals surface area contributed by atoms with E-state index in [9.17, 15) is 56.2 Å². The van der Waals surface area contributed by atoms with E-state index in [1.165, 1.54) is 6.92 Å². The van der Waals surface area contributed by atoms with E-state index in [0.717, 1.165) is 0 Å². The molecule has 0 aromatic carbocycles. The minimum Gasteiger partial charge on any atom is -0.394 e. The molecule has 4 heterocycles. The van der Waals surface area contributed by atoms with Crippen LogP contribution in [0.2, 0.25) is 0 Å². The molecule has 4 fully saturated rings. The molecule has 0 amide bonds. The number of hydrogen-bond acceptors (Lipinski definition) is 18. The second kappa shape index (κ2) is 13.3. The highest BCUT2D eigenvalue weighted by molar-refractivity contribution is 4.94. The zero-order valence-corrected chi connectivity index (χ0v) is 21.3. The van der Waals surface area contributed by atoms with Gasteiger partial charge in [0.1, 0.15) is 79.4 Å². The van der Waals surface area contributed by atoms with Gasteiger partial charge in [-0.2, -0.15) is 0 Å². The Kier molecular flexibility index (Phi) is 10.7. The van der Waals surface area contributed by atoms with Crippen LogP contribution in [0.1, 0.15) is 6.92 Å². The molecular weight excluding hydrogens is 552 g/mol. The second-order valence-corrected chi connectivity index (χ2v) is 10.2. The standard InChI is InChI=1S/C22H38O18/c1-5-17(13(29)16(32)20(36-5)38-8-4-34-19(33)14(30)11(8)27)39-22-18(9(25)6(24)3-35-22)40-21-15(31)12(28)10(26)7(2-23)37-21/h5-33H,2-4H2,1H3/t5-,6+,7+,8+,9-,10+,11-,12-,13-,14+,15+,16+,17-,18+,19+,20-,21-,22-/m0/s1. The molecule has 0 aromatic rings. The van der Waals surface area contributed by atoms with Crippen molar-refractivity contribution in [3.63, 3.8) is 0 Å². The summed E-state index contributed by atoms with van der Waals surface area (Å²) in [4.78, 5) is 0. The van der Waals surface area contributed by atoms with Gasteiger partial charge in [-0.3, -0.25) is 0 Å². The topological polar surface area (TPSA) is 287 Å². The zero-order chi connectivity index (χ0) is 29.5. The average Bonchev–Trinajstić information content (AvgIpc) is 2.93. The molecule has 0 bridgehead atoms. The Bertz CT molecular complexity index is 806. The van der Waals surface area contributed by atoms with Gasteiger partial charge in [-0.15, -0.1) is 0 Å². The number of hydrogen-bond donors (Lipinski definition) is 11. The van der Waals surface area contributed by atoms with Crippen LogP contribution in [-0.2, 0) is 33.2 Å². The van der Waals surface area contributed by atoms with E-state index < -0.39 is 124 Å². The number of aliphatic hydroxyl groups excluding tert-OH is 11. The highest BCUT2D eigenvalue weighted by Crippen LogP contribution is 2.32. The second-order valence-electron chi connectivity index (χ2n) is 10.2. The smallest absolute Gasteiger partial charge is 0.187 e. The average molecular weight is 591 g/mol. The summed E-state index contributed by atoms with van der Waals surface area (Å²) >= 11 is 0. The first-order valence-electron chi connectivity index (χ1n) is 12.8. The quantitative estimate of drug-likeness (QED) is 0.131. The molecule has 11 N–H and O–H groups in total. The lowest BCUT2D eigenvalue weighted by Crippen LogP contribution is -2.65. The molecule has 0 aromatic heterocycles. The molecule has 40 heavy (non-hydrogen) atoms. The number of aliphatic hydroxyl groups is 11. The molecule has 234 valence electrons. The van der Waals surface area contributed by atoms with E-state index in [2.05, 4.69) is 0 Å². The van der Waals surface area contributed by atoms with Crippen LogP contribution in [0.3, 0.4) is 0 Å². The van der Waals surface area contributed by atoms with Crippen LogP contribution in [0.4, 0.5) is 0 Å². The summed E-state index contributed by atoms with van der Waals surface area (Å²) in [6.07, 6.45) is -28.3. The van der Waals surface area contributed by atoms with Gasteiger partial charge in [0.25, 0.3) is 0 Å². The Morgan fingerprint density at radius 3 is 1.88 bits per heavy atom. The normalized spacial score (nSPS) is 54.3. The summed E-state index contributed by atoms with van der Waals surface area (Å²) in [5, 5.41) is 111. The van der Waals surface area contributed by atoms with E-state index in [1.54, 1.807) is 0 Å². The van der Waals surface area contributed by atoms with Crippen molar-refractivity contribution < 1.29 is 89.3 Å². The van der Waals surface area contributed by atoms with Crippen molar-refractivity contribution in [1.29, 1.82) is 0 Å². The summed E-state index contributed by atoms with van der Waals surface area (Å²) in [5.41, 5.74) is 0. The first kappa shape index (κ1) is 32.2. The van der Waals surface area contributed by atoms with Crippen molar-refractivity contribution in [3.8, 4) is 0 Å². The van der Waals surface area contributed by atoms with Gasteiger partial charge in [-0.05, 0) is 6.92 Å². The first-order chi connectivity index (χ1) is 18.8. The van der Waals surface area contributed by atoms with Crippen molar-refractivity contribution in [1.82, 2.24) is 0 Å². The van der Waals surface area contributed by atoms with Gasteiger partial charge in [0.2, 0.25) is 0 Å². The minimum absolute atomic E-state index is 0.358. The van der Waals surface area contributed by atoms with Crippen LogP contribution in [-0.4, -0.2) is 187 Å². The minimum atomic E-state index is -1.84. The van der Waals surface area contributed by atoms with Crippen LogP contribution >= 0.6 is 0 Å². The van der Waals surface area contributed by atoms with Crippen LogP contribution in [0, 0.1) is 0 Å². The van der Waals surface area contributed by atoms with E-state index >= 15 is 0 Å². The number of ether oxygens (including phenoxy) is 7. The largest absolute Gasteiger partial charge is 0.394 e. The molecule has 0 aliphatic carbocycles. The summed E-state index contributed by atoms with van der Waals surface area (Å²) in [6.45, 7) is -0.112. The van der Waals surface area contributed by atoms with E-state index in [-0.39, 0.29) is 6.61 Å². The van der Waals surface area contributed by atoms with Crippen molar-refractivity contribution in [2.45, 2.75) is 118 Å². The monoisotopic (exact) mass is 590 g/mol. The fourth-order valence-electron chi connectivity index (χ4n) is 4.90. The first-order valence-corrected chi connectivity index (χ1v) is 12.8. The molecule has 18 heteroatoms. The molecule has 18 atom stereocenters. The van der Waals surface area contributed by atoms with Crippen LogP contribution in [0.15, 0.2) is 0 Å². The lowest BCUT2D eigenvalue weighted by Gasteiger charge is -2.47. The van der Waals surface area contributed by atoms with Crippen molar-refractivity contribution in [2.75, 3.05) is 19.8 Å². The fraction of sp³-hybridized carbons (Fsp3) is 1.00. The van der Waals surface area contributed by atoms with Crippen molar-refractivity contribution in [3.05, 3.63) is 0 Å². The third-order valence-corrected chi connectivity index (χ3v) is 7.40. The van der Waals surface area contributed by atoms with Crippen LogP contribution < -0.4 is 0 Å². The molecule has 4 aliphatic rings. The highest BCUT2D eigenvalue weighted by atomic mass is 16.8. The molecular formula is C22H38O18. The maximum Gasteiger partial charge on any atom is 0.187 e. The molecule has 4 saturated heterocycles. The predicted octanol–water partition coefficient (Wildman–Crippen LogP) is -7.44. The van der Waals surface area contributed by atoms with Crippen molar-refractivity contribution >= 4 is 0 Å². The van der Waals surface area contributed by atoms with Gasteiger partial charge < -0.3 is 89.3 Å². The maximum absolute atomic E-state index is 10.8. The molecule has 4 aliphatic heterocycles. The van der Waals surface area contributed by atoms with E-state index in [4.69, 9.17) is 33.2 Å². The lowest BCUT2D eigenvalue weighted by molar-refractivity contribution is -0.381. The van der Waals surface area contributed by atoms with Gasteiger partial charge in [0, 0.05) is 0 Å². The Labute approximate surface area is 227 Å². The van der Waals surface area contributed by atoms with Gasteiger partial charge in [-0.25, -0.2) is 0 Å². The molecule has 18 nitrogen and oxygen atoms in total. The SMILES string of the molecule is C[C@@H]1O[C@@H](O[C@@H]2CO[C@@H](O)[C@H](O)[C@H]2O)[C@H](O)[C@H](O)[C@H]1O[C@@H]1OC[C@@H](O)[C@H](O)[C@H]1O[C@@H]1O[C@H](CO)[C@@H](O)[C@H](O)[C@H]1O. The van der Waals surface area contributed by atoms with Crippen LogP contribution in [0.5, 0.6) is 0 Å². The number of rotatable bonds is 7. The summed E-state index contributed by atoms with van der Waals surface area (Å²) in [7, 11) is 0. The Morgan fingerprint density at radius 2 is 1.20 bits per heavy atom. The van der Waals surface area contributed by atoms with E-state index in [1.807, 2.05) is 0 Å². The maximum atomic E-state index is 10.8. The fourth-order valence-corrected chi connectivity index (χ4v) is 4.90. The van der Waals surface area contributed by atoms with Gasteiger partial charge in [-0.1, -0.05) is 0 Å². The zero-order valence-electron chi connectivity index (χ0n) is 21.3. The molecule has 4 rings (SSSR count). The van der Waals surface area contributed by atoms with Crippen molar-refractivity contribution in [2.24, 2.45) is 0 Å². The predicted molar refractivity (Wildman–Crippen MR) is 120 cm³/mol. The van der Waals surface area contributed by atoms with Gasteiger partial charge in [0.15, 0.2) is 25.2 Å². The summed E-state index contributed by atoms with van der Waals surface area (Å²) < 4.78 is 38.1. The summed E-state index contributed by atoms with van der Waals surface area (Å²) in [5.74, 6) is 0. The molecule has 0 radical (unpaired) electrons. The molecule has 0 spiro atoms. The highest BCUT2D eigenvalue weighted by Gasteiger charge is 2.52. The van der Waals surface area contributed by atoms with Gasteiger partial charge in [0.05, 0.1) is 25.9 Å². The third-order valence-electron chi connectivity index (χ3n) is 7.40. The summed E-state index contributed by atoms with van der Waals surface area (Å²) in [6, 6.07) is 0. The molecule has 0 unspecified atom stereocenters. The Hall–Kier alpha value is -0.720. The lowest BCUT2D eigenvalue weighted by atomic mass is 9.98.